The first-order chi connectivity index (χ1) is 13.0. The minimum Gasteiger partial charge on any atom is -0.497 e. The van der Waals surface area contributed by atoms with Crippen LogP contribution >= 0.6 is 0 Å². The quantitative estimate of drug-likeness (QED) is 0.814. The lowest BCUT2D eigenvalue weighted by molar-refractivity contribution is 0.386. The van der Waals surface area contributed by atoms with Crippen LogP contribution in [0.2, 0.25) is 0 Å². The highest BCUT2D eigenvalue weighted by molar-refractivity contribution is 7.92. The van der Waals surface area contributed by atoms with Gasteiger partial charge in [-0.1, -0.05) is 12.8 Å². The van der Waals surface area contributed by atoms with Crippen LogP contribution in [0.5, 0.6) is 11.5 Å². The third kappa shape index (κ3) is 4.63. The van der Waals surface area contributed by atoms with Crippen molar-refractivity contribution in [2.45, 2.75) is 30.6 Å². The number of hydrogen-bond donors (Lipinski definition) is 1. The van der Waals surface area contributed by atoms with Crippen molar-refractivity contribution in [3.05, 3.63) is 36.5 Å². The van der Waals surface area contributed by atoms with Gasteiger partial charge in [-0.15, -0.1) is 0 Å². The fourth-order valence-electron chi connectivity index (χ4n) is 3.14. The van der Waals surface area contributed by atoms with Gasteiger partial charge in [-0.05, 0) is 37.1 Å². The molecule has 0 saturated carbocycles. The standard InChI is InChI=1S/C19H25N3O4S/c1-25-16-8-9-18(17(13-16)26-2)27(23,24)21-15-7-10-19(20-14-15)22-11-5-3-4-6-12-22/h7-10,13-14,21H,3-6,11-12H2,1-2H3. The number of methoxy groups -OCH3 is 2. The van der Waals surface area contributed by atoms with Gasteiger partial charge in [0, 0.05) is 19.2 Å². The molecular weight excluding hydrogens is 366 g/mol. The average molecular weight is 391 g/mol. The molecule has 1 aromatic carbocycles. The summed E-state index contributed by atoms with van der Waals surface area (Å²) in [5, 5.41) is 0. The Labute approximate surface area is 160 Å². The molecule has 1 aliphatic heterocycles. The van der Waals surface area contributed by atoms with Gasteiger partial charge in [-0.3, -0.25) is 4.72 Å². The number of ether oxygens (including phenoxy) is 2. The number of hydrogen-bond acceptors (Lipinski definition) is 6. The Bertz CT molecular complexity index is 861. The highest BCUT2D eigenvalue weighted by Gasteiger charge is 2.21. The number of rotatable bonds is 6. The van der Waals surface area contributed by atoms with Gasteiger partial charge < -0.3 is 14.4 Å². The number of nitrogens with one attached hydrogen (secondary N) is 1. The minimum atomic E-state index is -3.81. The van der Waals surface area contributed by atoms with Crippen molar-refractivity contribution >= 4 is 21.5 Å². The van der Waals surface area contributed by atoms with Crippen molar-refractivity contribution in [1.29, 1.82) is 0 Å². The first kappa shape index (κ1) is 19.3. The van der Waals surface area contributed by atoms with E-state index in [1.807, 2.05) is 6.07 Å². The van der Waals surface area contributed by atoms with Crippen LogP contribution in [0.1, 0.15) is 25.7 Å². The Morgan fingerprint density at radius 1 is 1.00 bits per heavy atom. The second-order valence-electron chi connectivity index (χ2n) is 6.43. The first-order valence-electron chi connectivity index (χ1n) is 8.99. The molecule has 0 atom stereocenters. The monoisotopic (exact) mass is 391 g/mol. The highest BCUT2D eigenvalue weighted by Crippen LogP contribution is 2.30. The molecule has 0 amide bonds. The molecule has 0 unspecified atom stereocenters. The Morgan fingerprint density at radius 2 is 1.74 bits per heavy atom. The number of aromatic nitrogens is 1. The summed E-state index contributed by atoms with van der Waals surface area (Å²) >= 11 is 0. The molecule has 0 bridgehead atoms. The third-order valence-electron chi connectivity index (χ3n) is 4.59. The molecule has 1 saturated heterocycles. The zero-order chi connectivity index (χ0) is 19.3. The van der Waals surface area contributed by atoms with Crippen LogP contribution in [0.3, 0.4) is 0 Å². The Kier molecular flexibility index (Phi) is 6.05. The number of pyridine rings is 1. The first-order valence-corrected chi connectivity index (χ1v) is 10.5. The van der Waals surface area contributed by atoms with E-state index in [0.29, 0.717) is 11.4 Å². The molecule has 1 aliphatic rings. The molecule has 2 heterocycles. The SMILES string of the molecule is COc1ccc(S(=O)(=O)Nc2ccc(N3CCCCCC3)nc2)c(OC)c1. The molecule has 8 heteroatoms. The van der Waals surface area contributed by atoms with Crippen LogP contribution < -0.4 is 19.1 Å². The highest BCUT2D eigenvalue weighted by atomic mass is 32.2. The van der Waals surface area contributed by atoms with Crippen molar-refractivity contribution in [2.75, 3.05) is 36.9 Å². The molecule has 1 N–H and O–H groups in total. The third-order valence-corrected chi connectivity index (χ3v) is 6.01. The van der Waals surface area contributed by atoms with E-state index in [2.05, 4.69) is 14.6 Å². The van der Waals surface area contributed by atoms with Crippen molar-refractivity contribution in [3.63, 3.8) is 0 Å². The molecule has 146 valence electrons. The molecule has 1 aromatic heterocycles. The van der Waals surface area contributed by atoms with Gasteiger partial charge in [0.05, 0.1) is 26.1 Å². The van der Waals surface area contributed by atoms with E-state index in [1.165, 1.54) is 39.2 Å². The molecule has 27 heavy (non-hydrogen) atoms. The molecule has 3 rings (SSSR count). The molecule has 7 nitrogen and oxygen atoms in total. The van der Waals surface area contributed by atoms with Gasteiger partial charge in [-0.2, -0.15) is 0 Å². The number of sulfonamides is 1. The lowest BCUT2D eigenvalue weighted by Crippen LogP contribution is -2.24. The van der Waals surface area contributed by atoms with Crippen LogP contribution in [0.15, 0.2) is 41.4 Å². The smallest absolute Gasteiger partial charge is 0.265 e. The topological polar surface area (TPSA) is 80.8 Å². The van der Waals surface area contributed by atoms with Gasteiger partial charge in [0.15, 0.2) is 0 Å². The largest absolute Gasteiger partial charge is 0.497 e. The van der Waals surface area contributed by atoms with Crippen LogP contribution in [-0.4, -0.2) is 40.7 Å². The summed E-state index contributed by atoms with van der Waals surface area (Å²) in [6, 6.07) is 8.17. The summed E-state index contributed by atoms with van der Waals surface area (Å²) in [7, 11) is -0.874. The minimum absolute atomic E-state index is 0.0439. The summed E-state index contributed by atoms with van der Waals surface area (Å²) in [6.07, 6.45) is 6.37. The predicted molar refractivity (Wildman–Crippen MR) is 105 cm³/mol. The summed E-state index contributed by atoms with van der Waals surface area (Å²) in [5.41, 5.74) is 0.409. The maximum atomic E-state index is 12.7. The summed E-state index contributed by atoms with van der Waals surface area (Å²) < 4.78 is 38.4. The summed E-state index contributed by atoms with van der Waals surface area (Å²) in [4.78, 5) is 6.73. The van der Waals surface area contributed by atoms with E-state index in [4.69, 9.17) is 9.47 Å². The average Bonchev–Trinajstić information content (AvgIpc) is 2.97. The fraction of sp³-hybridized carbons (Fsp3) is 0.421. The number of benzene rings is 1. The van der Waals surface area contributed by atoms with Crippen LogP contribution in [0, 0.1) is 0 Å². The fourth-order valence-corrected chi connectivity index (χ4v) is 4.34. The van der Waals surface area contributed by atoms with Crippen molar-refractivity contribution in [1.82, 2.24) is 4.98 Å². The second kappa shape index (κ2) is 8.47. The normalized spacial score (nSPS) is 15.1. The van der Waals surface area contributed by atoms with Gasteiger partial charge >= 0.3 is 0 Å². The van der Waals surface area contributed by atoms with Crippen LogP contribution in [0.4, 0.5) is 11.5 Å². The Hall–Kier alpha value is -2.48. The zero-order valence-electron chi connectivity index (χ0n) is 15.6. The van der Waals surface area contributed by atoms with E-state index >= 15 is 0 Å². The van der Waals surface area contributed by atoms with Crippen LogP contribution in [-0.2, 0) is 10.0 Å². The van der Waals surface area contributed by atoms with Crippen molar-refractivity contribution < 1.29 is 17.9 Å². The lowest BCUT2D eigenvalue weighted by Gasteiger charge is -2.21. The molecule has 1 fully saturated rings. The van der Waals surface area contributed by atoms with Gasteiger partial charge in [0.25, 0.3) is 10.0 Å². The van der Waals surface area contributed by atoms with Crippen molar-refractivity contribution in [3.8, 4) is 11.5 Å². The zero-order valence-corrected chi connectivity index (χ0v) is 16.5. The van der Waals surface area contributed by atoms with E-state index in [0.717, 1.165) is 31.7 Å². The molecule has 0 spiro atoms. The Balaban J connectivity index is 1.78. The van der Waals surface area contributed by atoms with Crippen molar-refractivity contribution in [2.24, 2.45) is 0 Å². The maximum Gasteiger partial charge on any atom is 0.265 e. The van der Waals surface area contributed by atoms with Gasteiger partial charge in [0.1, 0.15) is 22.2 Å². The van der Waals surface area contributed by atoms with Crippen LogP contribution in [0.25, 0.3) is 0 Å². The predicted octanol–water partition coefficient (Wildman–Crippen LogP) is 3.28. The molecule has 2 aromatic rings. The molecule has 0 radical (unpaired) electrons. The van der Waals surface area contributed by atoms with Gasteiger partial charge in [0.2, 0.25) is 0 Å². The van der Waals surface area contributed by atoms with Gasteiger partial charge in [-0.25, -0.2) is 13.4 Å². The molecular formula is C19H25N3O4S. The lowest BCUT2D eigenvalue weighted by atomic mass is 10.2. The van der Waals surface area contributed by atoms with E-state index in [9.17, 15) is 8.42 Å². The second-order valence-corrected chi connectivity index (χ2v) is 8.08. The summed E-state index contributed by atoms with van der Waals surface area (Å²) in [5.74, 6) is 1.62. The Morgan fingerprint density at radius 3 is 2.33 bits per heavy atom. The van der Waals surface area contributed by atoms with E-state index in [1.54, 1.807) is 18.3 Å². The van der Waals surface area contributed by atoms with E-state index in [-0.39, 0.29) is 10.6 Å². The molecule has 0 aliphatic carbocycles. The number of anilines is 2. The maximum absolute atomic E-state index is 12.7. The number of nitrogens with zero attached hydrogens (tertiary/aromatic N) is 2. The summed E-state index contributed by atoms with van der Waals surface area (Å²) in [6.45, 7) is 1.97. The van der Waals surface area contributed by atoms with E-state index < -0.39 is 10.0 Å².